The fraction of sp³-hybridized carbons (Fsp3) is 0.143. The van der Waals surface area contributed by atoms with Crippen molar-refractivity contribution >= 4 is 34.2 Å². The van der Waals surface area contributed by atoms with Gasteiger partial charge >= 0.3 is 0 Å². The van der Waals surface area contributed by atoms with Crippen molar-refractivity contribution in [2.24, 2.45) is 7.05 Å². The van der Waals surface area contributed by atoms with E-state index in [0.717, 1.165) is 16.7 Å². The molecule has 0 spiro atoms. The van der Waals surface area contributed by atoms with E-state index >= 15 is 0 Å². The molecule has 0 atom stereocenters. The molecule has 0 aliphatic heterocycles. The van der Waals surface area contributed by atoms with Gasteiger partial charge in [-0.2, -0.15) is 5.10 Å². The van der Waals surface area contributed by atoms with E-state index in [1.54, 1.807) is 47.3 Å². The maximum absolute atomic E-state index is 12.3. The highest BCUT2D eigenvalue weighted by Gasteiger charge is 2.11. The molecule has 0 fully saturated rings. The van der Waals surface area contributed by atoms with E-state index in [-0.39, 0.29) is 24.2 Å². The summed E-state index contributed by atoms with van der Waals surface area (Å²) < 4.78 is 12.3. The Balaban J connectivity index is 1.36. The predicted molar refractivity (Wildman–Crippen MR) is 110 cm³/mol. The number of ether oxygens (including phenoxy) is 1. The highest BCUT2D eigenvalue weighted by molar-refractivity contribution is 6.02. The first-order chi connectivity index (χ1) is 14.5. The summed E-state index contributed by atoms with van der Waals surface area (Å²) in [6.45, 7) is 1.69. The number of hydrogen-bond acceptors (Lipinski definition) is 6. The monoisotopic (exact) mass is 405 g/mol. The molecule has 3 aromatic heterocycles. The summed E-state index contributed by atoms with van der Waals surface area (Å²) >= 11 is 0. The second-order valence-corrected chi connectivity index (χ2v) is 6.60. The Morgan fingerprint density at radius 3 is 2.80 bits per heavy atom. The fourth-order valence-corrected chi connectivity index (χ4v) is 2.99. The first-order valence-electron chi connectivity index (χ1n) is 9.16. The molecule has 0 saturated carbocycles. The van der Waals surface area contributed by atoms with Crippen molar-refractivity contribution < 1.29 is 18.7 Å². The summed E-state index contributed by atoms with van der Waals surface area (Å²) in [5.41, 5.74) is 2.67. The van der Waals surface area contributed by atoms with E-state index in [1.165, 1.54) is 6.26 Å². The first-order valence-corrected chi connectivity index (χ1v) is 9.16. The molecule has 9 heteroatoms. The van der Waals surface area contributed by atoms with Gasteiger partial charge in [0.15, 0.2) is 18.0 Å². The summed E-state index contributed by atoms with van der Waals surface area (Å²) in [5.74, 6) is -0.0552. The quantitative estimate of drug-likeness (QED) is 0.510. The van der Waals surface area contributed by atoms with Crippen LogP contribution in [-0.4, -0.2) is 33.2 Å². The van der Waals surface area contributed by atoms with Gasteiger partial charge in [-0.15, -0.1) is 0 Å². The number of amides is 2. The molecule has 0 radical (unpaired) electrons. The second-order valence-electron chi connectivity index (χ2n) is 6.60. The lowest BCUT2D eigenvalue weighted by Crippen LogP contribution is -2.20. The summed E-state index contributed by atoms with van der Waals surface area (Å²) in [6, 6.07) is 11.8. The summed E-state index contributed by atoms with van der Waals surface area (Å²) in [4.78, 5) is 28.6. The minimum atomic E-state index is -0.372. The van der Waals surface area contributed by atoms with Gasteiger partial charge in [-0.3, -0.25) is 14.3 Å². The Bertz CT molecular complexity index is 1210. The minimum absolute atomic E-state index is 0.195. The Morgan fingerprint density at radius 2 is 2.00 bits per heavy atom. The van der Waals surface area contributed by atoms with Crippen LogP contribution in [0.5, 0.6) is 5.75 Å². The number of carbonyl (C=O) groups is 2. The number of benzene rings is 1. The molecule has 0 saturated heterocycles. The van der Waals surface area contributed by atoms with Crippen molar-refractivity contribution in [2.45, 2.75) is 6.92 Å². The Hall–Kier alpha value is -4.14. The maximum Gasteiger partial charge on any atom is 0.291 e. The number of fused-ring (bicyclic) bond motifs is 1. The minimum Gasteiger partial charge on any atom is -0.484 e. The van der Waals surface area contributed by atoms with Gasteiger partial charge in [-0.1, -0.05) is 6.07 Å². The molecular weight excluding hydrogens is 386 g/mol. The van der Waals surface area contributed by atoms with Crippen LogP contribution in [0.3, 0.4) is 0 Å². The van der Waals surface area contributed by atoms with E-state index in [4.69, 9.17) is 9.15 Å². The Labute approximate surface area is 171 Å². The van der Waals surface area contributed by atoms with Crippen molar-refractivity contribution in [3.8, 4) is 5.75 Å². The number of hydrogen-bond donors (Lipinski definition) is 2. The number of pyridine rings is 1. The van der Waals surface area contributed by atoms with Gasteiger partial charge in [-0.25, -0.2) is 4.98 Å². The van der Waals surface area contributed by atoms with Crippen molar-refractivity contribution in [2.75, 3.05) is 17.2 Å². The average Bonchev–Trinajstić information content (AvgIpc) is 3.36. The van der Waals surface area contributed by atoms with Crippen LogP contribution in [0, 0.1) is 6.92 Å². The highest BCUT2D eigenvalue weighted by Crippen LogP contribution is 2.20. The third-order valence-corrected chi connectivity index (χ3v) is 4.35. The zero-order valence-corrected chi connectivity index (χ0v) is 16.4. The second kappa shape index (κ2) is 8.08. The molecule has 0 aliphatic carbocycles. The number of furan rings is 1. The topological polar surface area (TPSA) is 111 Å². The third-order valence-electron chi connectivity index (χ3n) is 4.35. The molecule has 0 aliphatic rings. The molecule has 2 amide bonds. The normalized spacial score (nSPS) is 10.7. The van der Waals surface area contributed by atoms with Crippen LogP contribution in [0.15, 0.2) is 59.3 Å². The standard InChI is InChI=1S/C21H19N5O4/c1-13-17-10-15(11-22-20(17)26(2)25-13)23-19(27)12-30-16-6-3-5-14(9-16)24-21(28)18-7-4-8-29-18/h3-11H,12H2,1-2H3,(H,23,27)(H,24,28). The van der Waals surface area contributed by atoms with Crippen LogP contribution < -0.4 is 15.4 Å². The summed E-state index contributed by atoms with van der Waals surface area (Å²) in [6.07, 6.45) is 3.00. The number of aryl methyl sites for hydroxylation is 2. The van der Waals surface area contributed by atoms with Gasteiger partial charge in [0.1, 0.15) is 5.75 Å². The van der Waals surface area contributed by atoms with Gasteiger partial charge in [-0.05, 0) is 37.3 Å². The molecule has 30 heavy (non-hydrogen) atoms. The molecular formula is C21H19N5O4. The summed E-state index contributed by atoms with van der Waals surface area (Å²) in [7, 11) is 1.82. The summed E-state index contributed by atoms with van der Waals surface area (Å²) in [5, 5.41) is 10.7. The lowest BCUT2D eigenvalue weighted by atomic mass is 10.2. The lowest BCUT2D eigenvalue weighted by molar-refractivity contribution is -0.118. The zero-order chi connectivity index (χ0) is 21.1. The van der Waals surface area contributed by atoms with Gasteiger partial charge < -0.3 is 19.8 Å². The number of nitrogens with one attached hydrogen (secondary N) is 2. The van der Waals surface area contributed by atoms with Crippen molar-refractivity contribution in [3.63, 3.8) is 0 Å². The van der Waals surface area contributed by atoms with Crippen LogP contribution in [0.4, 0.5) is 11.4 Å². The van der Waals surface area contributed by atoms with Crippen molar-refractivity contribution in [3.05, 3.63) is 66.4 Å². The number of nitrogens with zero attached hydrogens (tertiary/aromatic N) is 3. The SMILES string of the molecule is Cc1nn(C)c2ncc(NC(=O)COc3cccc(NC(=O)c4ccco4)c3)cc12. The van der Waals surface area contributed by atoms with E-state index in [1.807, 2.05) is 20.0 Å². The van der Waals surface area contributed by atoms with Crippen molar-refractivity contribution in [1.29, 1.82) is 0 Å². The lowest BCUT2D eigenvalue weighted by Gasteiger charge is -2.09. The molecule has 4 aromatic rings. The van der Waals surface area contributed by atoms with Crippen LogP contribution in [0.25, 0.3) is 11.0 Å². The molecule has 0 bridgehead atoms. The van der Waals surface area contributed by atoms with Gasteiger partial charge in [0.25, 0.3) is 11.8 Å². The van der Waals surface area contributed by atoms with Crippen LogP contribution in [0.2, 0.25) is 0 Å². The largest absolute Gasteiger partial charge is 0.484 e. The van der Waals surface area contributed by atoms with E-state index in [9.17, 15) is 9.59 Å². The zero-order valence-electron chi connectivity index (χ0n) is 16.4. The Kier molecular flexibility index (Phi) is 5.17. The van der Waals surface area contributed by atoms with Crippen LogP contribution in [0.1, 0.15) is 16.2 Å². The number of carbonyl (C=O) groups excluding carboxylic acids is 2. The number of anilines is 2. The van der Waals surface area contributed by atoms with E-state index in [2.05, 4.69) is 20.7 Å². The van der Waals surface area contributed by atoms with Gasteiger partial charge in [0.05, 0.1) is 23.8 Å². The van der Waals surface area contributed by atoms with Crippen LogP contribution >= 0.6 is 0 Å². The molecule has 2 N–H and O–H groups in total. The molecule has 3 heterocycles. The maximum atomic E-state index is 12.3. The van der Waals surface area contributed by atoms with E-state index in [0.29, 0.717) is 17.1 Å². The Morgan fingerprint density at radius 1 is 1.13 bits per heavy atom. The first kappa shape index (κ1) is 19.2. The van der Waals surface area contributed by atoms with Gasteiger partial charge in [0.2, 0.25) is 0 Å². The average molecular weight is 405 g/mol. The molecule has 9 nitrogen and oxygen atoms in total. The molecule has 1 aromatic carbocycles. The highest BCUT2D eigenvalue weighted by atomic mass is 16.5. The number of rotatable bonds is 6. The molecule has 4 rings (SSSR count). The van der Waals surface area contributed by atoms with Crippen molar-refractivity contribution in [1.82, 2.24) is 14.8 Å². The van der Waals surface area contributed by atoms with Crippen LogP contribution in [-0.2, 0) is 11.8 Å². The van der Waals surface area contributed by atoms with Gasteiger partial charge in [0, 0.05) is 24.2 Å². The molecule has 152 valence electrons. The predicted octanol–water partition coefficient (Wildman–Crippen LogP) is 3.14. The fourth-order valence-electron chi connectivity index (χ4n) is 2.99. The molecule has 0 unspecified atom stereocenters. The number of aromatic nitrogens is 3. The smallest absolute Gasteiger partial charge is 0.291 e. The third kappa shape index (κ3) is 4.14. The van der Waals surface area contributed by atoms with E-state index < -0.39 is 0 Å².